The SMILES string of the molecule is CC(C)(C)C(=O)N(CCC(=O)NN)Cc1cc2c(cc1F)OCCO2. The van der Waals surface area contributed by atoms with Gasteiger partial charge in [-0.1, -0.05) is 20.8 Å². The van der Waals surface area contributed by atoms with E-state index in [0.29, 0.717) is 30.3 Å². The quantitative estimate of drug-likeness (QED) is 0.473. The molecule has 1 aliphatic heterocycles. The highest BCUT2D eigenvalue weighted by Gasteiger charge is 2.28. The molecule has 0 saturated heterocycles. The Labute approximate surface area is 146 Å². The maximum absolute atomic E-state index is 14.4. The number of amides is 2. The van der Waals surface area contributed by atoms with Crippen molar-refractivity contribution in [2.24, 2.45) is 11.3 Å². The fourth-order valence-corrected chi connectivity index (χ4v) is 2.47. The first-order valence-corrected chi connectivity index (χ1v) is 8.09. The molecule has 7 nitrogen and oxygen atoms in total. The molecular formula is C17H24FN3O4. The van der Waals surface area contributed by atoms with Crippen molar-refractivity contribution in [1.29, 1.82) is 0 Å². The van der Waals surface area contributed by atoms with Crippen LogP contribution in [0.1, 0.15) is 32.8 Å². The van der Waals surface area contributed by atoms with Crippen LogP contribution in [-0.4, -0.2) is 36.5 Å². The zero-order chi connectivity index (χ0) is 18.6. The number of halogens is 1. The first-order chi connectivity index (χ1) is 11.7. The van der Waals surface area contributed by atoms with E-state index in [4.69, 9.17) is 15.3 Å². The number of nitrogens with two attached hydrogens (primary N) is 1. The highest BCUT2D eigenvalue weighted by Crippen LogP contribution is 2.33. The van der Waals surface area contributed by atoms with E-state index in [9.17, 15) is 14.0 Å². The Morgan fingerprint density at radius 3 is 2.40 bits per heavy atom. The number of rotatable bonds is 5. The number of nitrogens with one attached hydrogen (secondary N) is 1. The van der Waals surface area contributed by atoms with E-state index in [1.165, 1.54) is 17.0 Å². The van der Waals surface area contributed by atoms with Crippen molar-refractivity contribution < 1.29 is 23.5 Å². The van der Waals surface area contributed by atoms with Crippen molar-refractivity contribution in [2.75, 3.05) is 19.8 Å². The van der Waals surface area contributed by atoms with Crippen molar-refractivity contribution in [3.8, 4) is 11.5 Å². The Hall–Kier alpha value is -2.35. The van der Waals surface area contributed by atoms with E-state index < -0.39 is 17.1 Å². The van der Waals surface area contributed by atoms with E-state index in [1.54, 1.807) is 20.8 Å². The Morgan fingerprint density at radius 2 is 1.84 bits per heavy atom. The first-order valence-electron chi connectivity index (χ1n) is 8.09. The number of benzene rings is 1. The third kappa shape index (κ3) is 4.82. The molecule has 0 unspecified atom stereocenters. The molecule has 0 aliphatic carbocycles. The number of hydrogen-bond acceptors (Lipinski definition) is 5. The second-order valence-corrected chi connectivity index (χ2v) is 6.88. The van der Waals surface area contributed by atoms with Gasteiger partial charge in [-0.15, -0.1) is 0 Å². The van der Waals surface area contributed by atoms with Gasteiger partial charge >= 0.3 is 0 Å². The van der Waals surface area contributed by atoms with Gasteiger partial charge in [-0.05, 0) is 6.07 Å². The Bertz CT molecular complexity index is 658. The fourth-order valence-electron chi connectivity index (χ4n) is 2.47. The first kappa shape index (κ1) is 19.0. The van der Waals surface area contributed by atoms with Gasteiger partial charge < -0.3 is 14.4 Å². The third-order valence-electron chi connectivity index (χ3n) is 3.77. The lowest BCUT2D eigenvalue weighted by Crippen LogP contribution is -2.42. The third-order valence-corrected chi connectivity index (χ3v) is 3.77. The van der Waals surface area contributed by atoms with Crippen LogP contribution in [0.3, 0.4) is 0 Å². The van der Waals surface area contributed by atoms with Gasteiger partial charge in [0.2, 0.25) is 11.8 Å². The topological polar surface area (TPSA) is 93.9 Å². The molecule has 0 saturated carbocycles. The van der Waals surface area contributed by atoms with E-state index in [0.717, 1.165) is 0 Å². The molecular weight excluding hydrogens is 329 g/mol. The lowest BCUT2D eigenvalue weighted by Gasteiger charge is -2.30. The van der Waals surface area contributed by atoms with E-state index in [-0.39, 0.29) is 25.4 Å². The molecule has 2 amide bonds. The summed E-state index contributed by atoms with van der Waals surface area (Å²) < 4.78 is 25.2. The van der Waals surface area contributed by atoms with Crippen LogP contribution in [-0.2, 0) is 16.1 Å². The van der Waals surface area contributed by atoms with Crippen LogP contribution < -0.4 is 20.7 Å². The standard InChI is InChI=1S/C17H24FN3O4/c1-17(2,3)16(23)21(5-4-15(22)20-19)10-11-8-13-14(9-12(11)18)25-7-6-24-13/h8-9H,4-7,10,19H2,1-3H3,(H,20,22). The summed E-state index contributed by atoms with van der Waals surface area (Å²) in [6.45, 7) is 6.22. The van der Waals surface area contributed by atoms with E-state index in [1.807, 2.05) is 5.43 Å². The van der Waals surface area contributed by atoms with Crippen LogP contribution in [0.5, 0.6) is 11.5 Å². The zero-order valence-electron chi connectivity index (χ0n) is 14.7. The molecule has 25 heavy (non-hydrogen) atoms. The van der Waals surface area contributed by atoms with Crippen LogP contribution in [0.25, 0.3) is 0 Å². The summed E-state index contributed by atoms with van der Waals surface area (Å²) in [5, 5.41) is 0. The molecule has 0 spiro atoms. The summed E-state index contributed by atoms with van der Waals surface area (Å²) >= 11 is 0. The van der Waals surface area contributed by atoms with Crippen LogP contribution in [0, 0.1) is 11.2 Å². The van der Waals surface area contributed by atoms with Crippen molar-refractivity contribution in [1.82, 2.24) is 10.3 Å². The predicted molar refractivity (Wildman–Crippen MR) is 89.2 cm³/mol. The summed E-state index contributed by atoms with van der Waals surface area (Å²) in [7, 11) is 0. The second-order valence-electron chi connectivity index (χ2n) is 6.88. The average molecular weight is 353 g/mol. The number of ether oxygens (including phenoxy) is 2. The van der Waals surface area contributed by atoms with E-state index >= 15 is 0 Å². The molecule has 0 aromatic heterocycles. The molecule has 1 aliphatic rings. The van der Waals surface area contributed by atoms with Crippen molar-refractivity contribution >= 4 is 11.8 Å². The van der Waals surface area contributed by atoms with Gasteiger partial charge in [0.1, 0.15) is 19.0 Å². The molecule has 0 atom stereocenters. The minimum absolute atomic E-state index is 0.0242. The molecule has 3 N–H and O–H groups in total. The number of hydrazine groups is 1. The fraction of sp³-hybridized carbons (Fsp3) is 0.529. The van der Waals surface area contributed by atoms with Crippen molar-refractivity contribution in [3.63, 3.8) is 0 Å². The van der Waals surface area contributed by atoms with Crippen molar-refractivity contribution in [2.45, 2.75) is 33.7 Å². The molecule has 138 valence electrons. The van der Waals surface area contributed by atoms with Gasteiger partial charge in [0.05, 0.1) is 0 Å². The number of hydrogen-bond donors (Lipinski definition) is 2. The van der Waals surface area contributed by atoms with Crippen molar-refractivity contribution in [3.05, 3.63) is 23.5 Å². The van der Waals surface area contributed by atoms with E-state index in [2.05, 4.69) is 0 Å². The molecule has 1 heterocycles. The smallest absolute Gasteiger partial charge is 0.235 e. The van der Waals surface area contributed by atoms with Crippen LogP contribution in [0.4, 0.5) is 4.39 Å². The Kier molecular flexibility index (Phi) is 5.84. The summed E-state index contributed by atoms with van der Waals surface area (Å²) in [5.74, 6) is 4.81. The van der Waals surface area contributed by atoms with Gasteiger partial charge in [0.15, 0.2) is 11.5 Å². The molecule has 1 aromatic rings. The maximum atomic E-state index is 14.4. The Morgan fingerprint density at radius 1 is 1.24 bits per heavy atom. The number of nitrogens with zero attached hydrogens (tertiary/aromatic N) is 1. The largest absolute Gasteiger partial charge is 0.486 e. The normalized spacial score (nSPS) is 13.3. The number of carbonyl (C=O) groups excluding carboxylic acids is 2. The highest BCUT2D eigenvalue weighted by molar-refractivity contribution is 5.82. The minimum atomic E-state index is -0.663. The highest BCUT2D eigenvalue weighted by atomic mass is 19.1. The van der Waals surface area contributed by atoms with Gasteiger partial charge in [-0.2, -0.15) is 0 Å². The average Bonchev–Trinajstić information content (AvgIpc) is 2.57. The lowest BCUT2D eigenvalue weighted by atomic mass is 9.94. The predicted octanol–water partition coefficient (Wildman–Crippen LogP) is 1.35. The molecule has 0 fully saturated rings. The van der Waals surface area contributed by atoms with Gasteiger partial charge in [0, 0.05) is 36.6 Å². The Balaban J connectivity index is 2.23. The van der Waals surface area contributed by atoms with Gasteiger partial charge in [0.25, 0.3) is 0 Å². The lowest BCUT2D eigenvalue weighted by molar-refractivity contribution is -0.140. The zero-order valence-corrected chi connectivity index (χ0v) is 14.7. The molecule has 0 bridgehead atoms. The number of carbonyl (C=O) groups is 2. The summed E-state index contributed by atoms with van der Waals surface area (Å²) in [6.07, 6.45) is 0.0322. The molecule has 1 aromatic carbocycles. The van der Waals surface area contributed by atoms with Crippen LogP contribution in [0.15, 0.2) is 12.1 Å². The second kappa shape index (κ2) is 7.69. The summed E-state index contributed by atoms with van der Waals surface area (Å²) in [5.41, 5.74) is 1.66. The van der Waals surface area contributed by atoms with Gasteiger partial charge in [-0.3, -0.25) is 15.0 Å². The van der Waals surface area contributed by atoms with Crippen LogP contribution in [0.2, 0.25) is 0 Å². The summed E-state index contributed by atoms with van der Waals surface area (Å²) in [4.78, 5) is 25.5. The van der Waals surface area contributed by atoms with Crippen LogP contribution >= 0.6 is 0 Å². The molecule has 0 radical (unpaired) electrons. The molecule has 8 heteroatoms. The monoisotopic (exact) mass is 353 g/mol. The maximum Gasteiger partial charge on any atom is 0.235 e. The number of fused-ring (bicyclic) bond motifs is 1. The molecule has 2 rings (SSSR count). The minimum Gasteiger partial charge on any atom is -0.486 e. The van der Waals surface area contributed by atoms with Gasteiger partial charge in [-0.25, -0.2) is 10.2 Å². The summed E-state index contributed by atoms with van der Waals surface area (Å²) in [6, 6.07) is 2.80.